The fourth-order valence-corrected chi connectivity index (χ4v) is 1.80. The van der Waals surface area contributed by atoms with E-state index in [2.05, 4.69) is 15.8 Å². The number of ketones is 1. The summed E-state index contributed by atoms with van der Waals surface area (Å²) < 4.78 is 18.6. The van der Waals surface area contributed by atoms with Gasteiger partial charge in [0.25, 0.3) is 11.8 Å². The van der Waals surface area contributed by atoms with Crippen LogP contribution < -0.4 is 15.6 Å². The molecular formula is C16H16FN3O4. The van der Waals surface area contributed by atoms with E-state index < -0.39 is 23.7 Å². The molecule has 0 fully saturated rings. The van der Waals surface area contributed by atoms with Crippen LogP contribution in [0.25, 0.3) is 0 Å². The molecule has 1 atom stereocenters. The van der Waals surface area contributed by atoms with Crippen LogP contribution in [0, 0.1) is 5.82 Å². The van der Waals surface area contributed by atoms with Gasteiger partial charge in [-0.1, -0.05) is 12.1 Å². The lowest BCUT2D eigenvalue weighted by atomic mass is 10.2. The average molecular weight is 333 g/mol. The van der Waals surface area contributed by atoms with Crippen LogP contribution in [0.1, 0.15) is 34.7 Å². The topological polar surface area (TPSA) is 100 Å². The van der Waals surface area contributed by atoms with Crippen molar-refractivity contribution in [2.45, 2.75) is 20.0 Å². The largest absolute Gasteiger partial charge is 0.478 e. The summed E-state index contributed by atoms with van der Waals surface area (Å²) in [5, 5.41) is 0. The molecule has 0 saturated heterocycles. The molecule has 2 aromatic rings. The molecule has 0 bridgehead atoms. The predicted molar refractivity (Wildman–Crippen MR) is 82.9 cm³/mol. The fourth-order valence-electron chi connectivity index (χ4n) is 1.80. The number of hydrazine groups is 1. The van der Waals surface area contributed by atoms with Crippen molar-refractivity contribution < 1.29 is 23.5 Å². The maximum atomic E-state index is 13.5. The number of Topliss-reactive ketones (excluding diaryl/α,β-unsaturated/α-hetero) is 1. The maximum Gasteiger partial charge on any atom is 0.286 e. The van der Waals surface area contributed by atoms with Gasteiger partial charge in [0.2, 0.25) is 0 Å². The van der Waals surface area contributed by atoms with Crippen molar-refractivity contribution in [3.63, 3.8) is 0 Å². The minimum absolute atomic E-state index is 0.0676. The molecule has 0 aliphatic heterocycles. The lowest BCUT2D eigenvalue weighted by molar-refractivity contribution is -0.128. The summed E-state index contributed by atoms with van der Waals surface area (Å²) in [6.45, 7) is 2.78. The summed E-state index contributed by atoms with van der Waals surface area (Å²) in [5.41, 5.74) is 4.81. The van der Waals surface area contributed by atoms with Crippen molar-refractivity contribution in [2.24, 2.45) is 0 Å². The Morgan fingerprint density at radius 2 is 1.92 bits per heavy atom. The number of rotatable bonds is 5. The zero-order chi connectivity index (χ0) is 17.7. The monoisotopic (exact) mass is 333 g/mol. The number of aromatic nitrogens is 1. The molecule has 0 spiro atoms. The van der Waals surface area contributed by atoms with E-state index in [4.69, 9.17) is 4.74 Å². The highest BCUT2D eigenvalue weighted by Crippen LogP contribution is 2.16. The van der Waals surface area contributed by atoms with Crippen LogP contribution in [0.3, 0.4) is 0 Å². The quantitative estimate of drug-likeness (QED) is 0.571. The first-order valence-electron chi connectivity index (χ1n) is 7.09. The number of H-pyrrole nitrogens is 1. The molecule has 0 radical (unpaired) electrons. The van der Waals surface area contributed by atoms with Crippen LogP contribution in [0.4, 0.5) is 4.39 Å². The molecule has 0 unspecified atom stereocenters. The van der Waals surface area contributed by atoms with Gasteiger partial charge in [0.15, 0.2) is 23.5 Å². The Kier molecular flexibility index (Phi) is 5.31. The van der Waals surface area contributed by atoms with Gasteiger partial charge in [-0.2, -0.15) is 0 Å². The van der Waals surface area contributed by atoms with Crippen molar-refractivity contribution >= 4 is 17.6 Å². The molecule has 2 amide bonds. The molecule has 24 heavy (non-hydrogen) atoms. The highest BCUT2D eigenvalue weighted by molar-refractivity contribution is 5.99. The smallest absolute Gasteiger partial charge is 0.286 e. The number of halogens is 1. The number of benzene rings is 1. The van der Waals surface area contributed by atoms with Gasteiger partial charge in [-0.3, -0.25) is 25.2 Å². The third-order valence-electron chi connectivity index (χ3n) is 3.14. The van der Waals surface area contributed by atoms with Crippen molar-refractivity contribution in [1.29, 1.82) is 0 Å². The van der Waals surface area contributed by atoms with Crippen molar-refractivity contribution in [2.75, 3.05) is 0 Å². The molecule has 3 N–H and O–H groups in total. The number of carbonyl (C=O) groups excluding carboxylic acids is 3. The molecule has 0 aliphatic rings. The SMILES string of the molecule is CC(=O)c1c[nH]c(C(=O)NNC(=O)[C@@H](C)Oc2ccccc2F)c1. The third kappa shape index (κ3) is 4.19. The summed E-state index contributed by atoms with van der Waals surface area (Å²) >= 11 is 0. The molecule has 1 aromatic heterocycles. The van der Waals surface area contributed by atoms with E-state index in [-0.39, 0.29) is 17.2 Å². The first-order chi connectivity index (χ1) is 11.4. The van der Waals surface area contributed by atoms with Gasteiger partial charge in [-0.05, 0) is 32.0 Å². The Labute approximate surface area is 137 Å². The molecule has 0 aliphatic carbocycles. The number of ether oxygens (including phenoxy) is 1. The summed E-state index contributed by atoms with van der Waals surface area (Å²) in [6, 6.07) is 7.03. The maximum absolute atomic E-state index is 13.5. The van der Waals surface area contributed by atoms with Crippen molar-refractivity contribution in [3.05, 3.63) is 53.6 Å². The number of hydrogen-bond donors (Lipinski definition) is 3. The highest BCUT2D eigenvalue weighted by Gasteiger charge is 2.18. The van der Waals surface area contributed by atoms with E-state index in [1.807, 2.05) is 0 Å². The lowest BCUT2D eigenvalue weighted by Gasteiger charge is -2.15. The Bertz CT molecular complexity index is 772. The number of aromatic amines is 1. The number of para-hydroxylation sites is 1. The molecule has 8 heteroatoms. The van der Waals surface area contributed by atoms with Crippen LogP contribution in [0.15, 0.2) is 36.5 Å². The average Bonchev–Trinajstić information content (AvgIpc) is 3.04. The van der Waals surface area contributed by atoms with Crippen molar-refractivity contribution in [1.82, 2.24) is 15.8 Å². The van der Waals surface area contributed by atoms with Crippen LogP contribution >= 0.6 is 0 Å². The van der Waals surface area contributed by atoms with Gasteiger partial charge >= 0.3 is 0 Å². The fraction of sp³-hybridized carbons (Fsp3) is 0.188. The third-order valence-corrected chi connectivity index (χ3v) is 3.14. The Morgan fingerprint density at radius 1 is 1.21 bits per heavy atom. The van der Waals surface area contributed by atoms with E-state index in [1.54, 1.807) is 6.07 Å². The van der Waals surface area contributed by atoms with Crippen LogP contribution in [-0.2, 0) is 4.79 Å². The zero-order valence-corrected chi connectivity index (χ0v) is 13.1. The second kappa shape index (κ2) is 7.40. The van der Waals surface area contributed by atoms with Crippen LogP contribution in [0.2, 0.25) is 0 Å². The van der Waals surface area contributed by atoms with Gasteiger partial charge in [0, 0.05) is 11.8 Å². The van der Waals surface area contributed by atoms with Gasteiger partial charge < -0.3 is 9.72 Å². The molecular weight excluding hydrogens is 317 g/mol. The number of amides is 2. The molecule has 1 heterocycles. The summed E-state index contributed by atoms with van der Waals surface area (Å²) in [7, 11) is 0. The first-order valence-corrected chi connectivity index (χ1v) is 7.09. The number of carbonyl (C=O) groups is 3. The zero-order valence-electron chi connectivity index (χ0n) is 13.1. The highest BCUT2D eigenvalue weighted by atomic mass is 19.1. The molecule has 7 nitrogen and oxygen atoms in total. The Balaban J connectivity index is 1.88. The standard InChI is InChI=1S/C16H16FN3O4/c1-9(21)11-7-13(18-8-11)16(23)20-19-15(22)10(2)24-14-6-4-3-5-12(14)17/h3-8,10,18H,1-2H3,(H,19,22)(H,20,23)/t10-/m1/s1. The lowest BCUT2D eigenvalue weighted by Crippen LogP contribution is -2.47. The molecule has 2 rings (SSSR count). The van der Waals surface area contributed by atoms with E-state index in [1.165, 1.54) is 44.3 Å². The predicted octanol–water partition coefficient (Wildman–Crippen LogP) is 1.58. The molecule has 0 saturated carbocycles. The van der Waals surface area contributed by atoms with E-state index >= 15 is 0 Å². The summed E-state index contributed by atoms with van der Waals surface area (Å²) in [5.74, 6) is -2.15. The first kappa shape index (κ1) is 17.2. The van der Waals surface area contributed by atoms with Gasteiger partial charge in [-0.15, -0.1) is 0 Å². The van der Waals surface area contributed by atoms with Gasteiger partial charge in [0.05, 0.1) is 0 Å². The van der Waals surface area contributed by atoms with E-state index in [9.17, 15) is 18.8 Å². The second-order valence-electron chi connectivity index (χ2n) is 4.99. The Hall–Kier alpha value is -3.16. The molecule has 1 aromatic carbocycles. The number of nitrogens with one attached hydrogen (secondary N) is 3. The Morgan fingerprint density at radius 3 is 2.54 bits per heavy atom. The minimum atomic E-state index is -1.03. The van der Waals surface area contributed by atoms with E-state index in [0.29, 0.717) is 5.56 Å². The summed E-state index contributed by atoms with van der Waals surface area (Å²) in [6.07, 6.45) is 0.363. The minimum Gasteiger partial charge on any atom is -0.478 e. The van der Waals surface area contributed by atoms with Crippen LogP contribution in [-0.4, -0.2) is 28.7 Å². The summed E-state index contributed by atoms with van der Waals surface area (Å²) in [4.78, 5) is 37.5. The van der Waals surface area contributed by atoms with Gasteiger partial charge in [0.1, 0.15) is 5.69 Å². The second-order valence-corrected chi connectivity index (χ2v) is 4.99. The van der Waals surface area contributed by atoms with Gasteiger partial charge in [-0.25, -0.2) is 4.39 Å². The molecule has 126 valence electrons. The number of hydrogen-bond acceptors (Lipinski definition) is 4. The van der Waals surface area contributed by atoms with Crippen molar-refractivity contribution in [3.8, 4) is 5.75 Å². The van der Waals surface area contributed by atoms with E-state index in [0.717, 1.165) is 0 Å². The van der Waals surface area contributed by atoms with Crippen LogP contribution in [0.5, 0.6) is 5.75 Å². The normalized spacial score (nSPS) is 11.5.